The molecule has 24 heavy (non-hydrogen) atoms. The van der Waals surface area contributed by atoms with Crippen LogP contribution >= 0.6 is 24.0 Å². The lowest BCUT2D eigenvalue weighted by Crippen LogP contribution is -2.43. The number of nitrogens with one attached hydrogen (secondary N) is 3. The van der Waals surface area contributed by atoms with Crippen LogP contribution in [0.4, 0.5) is 0 Å². The predicted octanol–water partition coefficient (Wildman–Crippen LogP) is 3.21. The Morgan fingerprint density at radius 2 is 1.88 bits per heavy atom. The smallest absolute Gasteiger partial charge is 0.225 e. The van der Waals surface area contributed by atoms with Crippen LogP contribution in [0.1, 0.15) is 59.8 Å². The number of nitrogens with zero attached hydrogens (tertiary/aromatic N) is 1. The van der Waals surface area contributed by atoms with E-state index in [2.05, 4.69) is 33.9 Å². The van der Waals surface area contributed by atoms with E-state index in [0.717, 1.165) is 25.5 Å². The third-order valence-electron chi connectivity index (χ3n) is 3.82. The molecule has 0 fully saturated rings. The molecule has 1 amide bonds. The van der Waals surface area contributed by atoms with Crippen molar-refractivity contribution in [3.8, 4) is 0 Å². The summed E-state index contributed by atoms with van der Waals surface area (Å²) < 4.78 is 0. The summed E-state index contributed by atoms with van der Waals surface area (Å²) in [7, 11) is 0. The molecular formula is C18H35IN4O. The molecule has 0 saturated carbocycles. The van der Waals surface area contributed by atoms with Crippen LogP contribution in [0.5, 0.6) is 0 Å². The van der Waals surface area contributed by atoms with Gasteiger partial charge in [0.1, 0.15) is 0 Å². The van der Waals surface area contributed by atoms with Crippen molar-refractivity contribution in [1.82, 2.24) is 16.0 Å². The fourth-order valence-corrected chi connectivity index (χ4v) is 2.41. The molecule has 0 bridgehead atoms. The molecule has 5 nitrogen and oxygen atoms in total. The summed E-state index contributed by atoms with van der Waals surface area (Å²) >= 11 is 0. The Morgan fingerprint density at radius 3 is 2.46 bits per heavy atom. The Balaban J connectivity index is 0.00000529. The van der Waals surface area contributed by atoms with E-state index >= 15 is 0 Å². The number of guanidine groups is 1. The minimum Gasteiger partial charge on any atom is -0.357 e. The Kier molecular flexibility index (Phi) is 12.1. The van der Waals surface area contributed by atoms with E-state index in [1.165, 1.54) is 25.7 Å². The number of aliphatic imine (C=N–C) groups is 1. The maximum Gasteiger partial charge on any atom is 0.225 e. The summed E-state index contributed by atoms with van der Waals surface area (Å²) in [6, 6.07) is 0. The number of hydrogen-bond donors (Lipinski definition) is 3. The van der Waals surface area contributed by atoms with Gasteiger partial charge in [-0.05, 0) is 39.0 Å². The fourth-order valence-electron chi connectivity index (χ4n) is 2.41. The van der Waals surface area contributed by atoms with Crippen molar-refractivity contribution in [3.05, 3.63) is 11.6 Å². The molecule has 0 spiro atoms. The minimum absolute atomic E-state index is 0. The van der Waals surface area contributed by atoms with Crippen molar-refractivity contribution >= 4 is 35.8 Å². The van der Waals surface area contributed by atoms with E-state index in [1.807, 2.05) is 20.8 Å². The van der Waals surface area contributed by atoms with E-state index in [1.54, 1.807) is 5.57 Å². The average molecular weight is 450 g/mol. The normalized spacial score (nSPS) is 15.2. The maximum atomic E-state index is 11.8. The van der Waals surface area contributed by atoms with Gasteiger partial charge >= 0.3 is 0 Å². The Morgan fingerprint density at radius 1 is 1.17 bits per heavy atom. The molecule has 0 aromatic heterocycles. The van der Waals surface area contributed by atoms with Crippen LogP contribution in [0.2, 0.25) is 0 Å². The van der Waals surface area contributed by atoms with Crippen LogP contribution in [0.25, 0.3) is 0 Å². The SMILES string of the molecule is CCNC(=NCCC1=CCCCC1)NCCNC(=O)C(C)(C)C.I. The average Bonchev–Trinajstić information content (AvgIpc) is 2.51. The van der Waals surface area contributed by atoms with Gasteiger partial charge in [0.25, 0.3) is 0 Å². The van der Waals surface area contributed by atoms with Crippen LogP contribution in [-0.2, 0) is 4.79 Å². The number of amides is 1. The highest BCUT2D eigenvalue weighted by molar-refractivity contribution is 14.0. The Hall–Kier alpha value is -0.790. The molecule has 1 rings (SSSR count). The van der Waals surface area contributed by atoms with E-state index in [9.17, 15) is 4.79 Å². The van der Waals surface area contributed by atoms with E-state index < -0.39 is 0 Å². The highest BCUT2D eigenvalue weighted by Crippen LogP contribution is 2.19. The lowest BCUT2D eigenvalue weighted by atomic mass is 9.96. The minimum atomic E-state index is -0.341. The van der Waals surface area contributed by atoms with Gasteiger partial charge in [0.05, 0.1) is 0 Å². The summed E-state index contributed by atoms with van der Waals surface area (Å²) in [5, 5.41) is 9.45. The summed E-state index contributed by atoms with van der Waals surface area (Å²) in [6.45, 7) is 10.7. The molecule has 6 heteroatoms. The molecule has 3 N–H and O–H groups in total. The van der Waals surface area contributed by atoms with Crippen molar-refractivity contribution in [2.45, 2.75) is 59.8 Å². The zero-order valence-electron chi connectivity index (χ0n) is 15.7. The van der Waals surface area contributed by atoms with Gasteiger partial charge in [0.2, 0.25) is 5.91 Å². The second-order valence-electron chi connectivity index (χ2n) is 7.05. The molecule has 140 valence electrons. The van der Waals surface area contributed by atoms with Crippen molar-refractivity contribution in [2.24, 2.45) is 10.4 Å². The lowest BCUT2D eigenvalue weighted by molar-refractivity contribution is -0.128. The molecule has 0 aromatic rings. The van der Waals surface area contributed by atoms with Gasteiger partial charge in [-0.25, -0.2) is 0 Å². The number of carbonyl (C=O) groups excluding carboxylic acids is 1. The quantitative estimate of drug-likeness (QED) is 0.184. The summed E-state index contributed by atoms with van der Waals surface area (Å²) in [5.74, 6) is 0.902. The Labute approximate surface area is 164 Å². The van der Waals surface area contributed by atoms with Crippen molar-refractivity contribution in [2.75, 3.05) is 26.2 Å². The number of halogens is 1. The summed E-state index contributed by atoms with van der Waals surface area (Å²) in [4.78, 5) is 16.4. The van der Waals surface area contributed by atoms with Crippen molar-refractivity contribution in [1.29, 1.82) is 0 Å². The molecule has 0 aromatic carbocycles. The standard InChI is InChI=1S/C18H34N4O.HI/c1-5-19-17(21-12-11-15-9-7-6-8-10-15)22-14-13-20-16(23)18(2,3)4;/h9H,5-8,10-14H2,1-4H3,(H,20,23)(H2,19,21,22);1H. The third-order valence-corrected chi connectivity index (χ3v) is 3.82. The molecule has 1 aliphatic rings. The first-order chi connectivity index (χ1) is 10.9. The zero-order chi connectivity index (χ0) is 17.1. The van der Waals surface area contributed by atoms with Crippen LogP contribution in [0.15, 0.2) is 16.6 Å². The molecule has 0 saturated heterocycles. The molecule has 0 atom stereocenters. The van der Waals surface area contributed by atoms with Crippen LogP contribution in [0.3, 0.4) is 0 Å². The first-order valence-corrected chi connectivity index (χ1v) is 8.92. The van der Waals surface area contributed by atoms with Crippen LogP contribution < -0.4 is 16.0 Å². The monoisotopic (exact) mass is 450 g/mol. The van der Waals surface area contributed by atoms with E-state index in [-0.39, 0.29) is 35.3 Å². The van der Waals surface area contributed by atoms with Crippen molar-refractivity contribution in [3.63, 3.8) is 0 Å². The number of carbonyl (C=O) groups is 1. The van der Waals surface area contributed by atoms with Gasteiger partial charge in [-0.15, -0.1) is 24.0 Å². The maximum absolute atomic E-state index is 11.8. The highest BCUT2D eigenvalue weighted by Gasteiger charge is 2.20. The summed E-state index contributed by atoms with van der Waals surface area (Å²) in [6.07, 6.45) is 8.54. The van der Waals surface area contributed by atoms with Gasteiger partial charge < -0.3 is 16.0 Å². The van der Waals surface area contributed by atoms with Gasteiger partial charge in [0, 0.05) is 31.6 Å². The second-order valence-corrected chi connectivity index (χ2v) is 7.05. The molecule has 1 aliphatic carbocycles. The number of hydrogen-bond acceptors (Lipinski definition) is 2. The topological polar surface area (TPSA) is 65.5 Å². The number of rotatable bonds is 7. The van der Waals surface area contributed by atoms with E-state index in [0.29, 0.717) is 13.1 Å². The van der Waals surface area contributed by atoms with Crippen molar-refractivity contribution < 1.29 is 4.79 Å². The summed E-state index contributed by atoms with van der Waals surface area (Å²) in [5.41, 5.74) is 1.21. The molecule has 0 heterocycles. The molecule has 0 unspecified atom stereocenters. The molecule has 0 aliphatic heterocycles. The van der Waals surface area contributed by atoms with Gasteiger partial charge in [-0.2, -0.15) is 0 Å². The van der Waals surface area contributed by atoms with Gasteiger partial charge in [-0.3, -0.25) is 9.79 Å². The third kappa shape index (κ3) is 10.2. The largest absolute Gasteiger partial charge is 0.357 e. The lowest BCUT2D eigenvalue weighted by Gasteiger charge is -2.18. The van der Waals surface area contributed by atoms with Gasteiger partial charge in [0.15, 0.2) is 5.96 Å². The second kappa shape index (κ2) is 12.6. The highest BCUT2D eigenvalue weighted by atomic mass is 127. The van der Waals surface area contributed by atoms with Crippen LogP contribution in [-0.4, -0.2) is 38.0 Å². The zero-order valence-corrected chi connectivity index (χ0v) is 18.0. The fraction of sp³-hybridized carbons (Fsp3) is 0.778. The Bertz CT molecular complexity index is 427. The van der Waals surface area contributed by atoms with Crippen LogP contribution in [0, 0.1) is 5.41 Å². The number of allylic oxidation sites excluding steroid dienone is 1. The predicted molar refractivity (Wildman–Crippen MR) is 113 cm³/mol. The molecular weight excluding hydrogens is 415 g/mol. The molecule has 0 radical (unpaired) electrons. The van der Waals surface area contributed by atoms with E-state index in [4.69, 9.17) is 0 Å². The first kappa shape index (κ1) is 23.2. The first-order valence-electron chi connectivity index (χ1n) is 8.92. The van der Waals surface area contributed by atoms with Gasteiger partial charge in [-0.1, -0.05) is 32.4 Å².